The van der Waals surface area contributed by atoms with Crippen molar-refractivity contribution in [3.63, 3.8) is 0 Å². The number of aromatic nitrogens is 2. The van der Waals surface area contributed by atoms with Crippen LogP contribution < -0.4 is 0 Å². The molecule has 0 aliphatic heterocycles. The molecule has 0 aliphatic carbocycles. The van der Waals surface area contributed by atoms with Crippen molar-refractivity contribution in [3.8, 4) is 11.1 Å². The van der Waals surface area contributed by atoms with Crippen molar-refractivity contribution in [3.05, 3.63) is 78.9 Å². The van der Waals surface area contributed by atoms with Crippen molar-refractivity contribution in [2.45, 2.75) is 25.5 Å². The zero-order valence-corrected chi connectivity index (χ0v) is 12.8. The second-order valence-electron chi connectivity index (χ2n) is 6.01. The first-order chi connectivity index (χ1) is 10.6. The van der Waals surface area contributed by atoms with Crippen molar-refractivity contribution in [1.29, 1.82) is 0 Å². The SMILES string of the molecule is CC(C)(C(O)c1ccc(-c2ccccc2)cc1)n1ccnc1. The molecule has 0 saturated heterocycles. The van der Waals surface area contributed by atoms with Crippen LogP contribution in [0.2, 0.25) is 0 Å². The molecule has 1 unspecified atom stereocenters. The number of aliphatic hydroxyl groups is 1. The Kier molecular flexibility index (Phi) is 3.82. The summed E-state index contributed by atoms with van der Waals surface area (Å²) in [6, 6.07) is 18.3. The lowest BCUT2D eigenvalue weighted by atomic mass is 9.90. The molecule has 22 heavy (non-hydrogen) atoms. The van der Waals surface area contributed by atoms with E-state index in [1.165, 1.54) is 5.56 Å². The summed E-state index contributed by atoms with van der Waals surface area (Å²) in [7, 11) is 0. The van der Waals surface area contributed by atoms with Crippen molar-refractivity contribution in [2.24, 2.45) is 0 Å². The van der Waals surface area contributed by atoms with Crippen LogP contribution in [0.5, 0.6) is 0 Å². The maximum absolute atomic E-state index is 10.7. The molecule has 0 saturated carbocycles. The van der Waals surface area contributed by atoms with E-state index in [9.17, 15) is 5.11 Å². The first-order valence-corrected chi connectivity index (χ1v) is 7.41. The predicted molar refractivity (Wildman–Crippen MR) is 88.4 cm³/mol. The molecule has 3 heteroatoms. The highest BCUT2D eigenvalue weighted by atomic mass is 16.3. The maximum Gasteiger partial charge on any atom is 0.102 e. The van der Waals surface area contributed by atoms with Gasteiger partial charge in [-0.05, 0) is 30.5 Å². The summed E-state index contributed by atoms with van der Waals surface area (Å²) in [5.74, 6) is 0. The van der Waals surface area contributed by atoms with E-state index in [1.807, 2.05) is 54.9 Å². The molecule has 3 aromatic rings. The molecular weight excluding hydrogens is 272 g/mol. The monoisotopic (exact) mass is 292 g/mol. The Bertz CT molecular complexity index is 716. The molecule has 0 fully saturated rings. The molecule has 2 aromatic carbocycles. The molecule has 0 spiro atoms. The second-order valence-corrected chi connectivity index (χ2v) is 6.01. The Balaban J connectivity index is 1.87. The summed E-state index contributed by atoms with van der Waals surface area (Å²) in [6.07, 6.45) is 4.74. The van der Waals surface area contributed by atoms with Crippen molar-refractivity contribution >= 4 is 0 Å². The maximum atomic E-state index is 10.7. The minimum Gasteiger partial charge on any atom is -0.386 e. The molecule has 1 heterocycles. The van der Waals surface area contributed by atoms with E-state index >= 15 is 0 Å². The largest absolute Gasteiger partial charge is 0.386 e. The quantitative estimate of drug-likeness (QED) is 0.788. The average molecular weight is 292 g/mol. The fraction of sp³-hybridized carbons (Fsp3) is 0.211. The van der Waals surface area contributed by atoms with Gasteiger partial charge in [-0.1, -0.05) is 54.6 Å². The molecule has 1 aromatic heterocycles. The van der Waals surface area contributed by atoms with E-state index in [-0.39, 0.29) is 0 Å². The fourth-order valence-electron chi connectivity index (χ4n) is 2.64. The van der Waals surface area contributed by atoms with Gasteiger partial charge in [-0.3, -0.25) is 0 Å². The number of hydrogen-bond donors (Lipinski definition) is 1. The fourth-order valence-corrected chi connectivity index (χ4v) is 2.64. The van der Waals surface area contributed by atoms with Gasteiger partial charge in [0.25, 0.3) is 0 Å². The summed E-state index contributed by atoms with van der Waals surface area (Å²) in [5, 5.41) is 10.7. The Labute approximate surface area is 130 Å². The lowest BCUT2D eigenvalue weighted by molar-refractivity contribution is 0.0566. The van der Waals surface area contributed by atoms with Gasteiger partial charge >= 0.3 is 0 Å². The summed E-state index contributed by atoms with van der Waals surface area (Å²) in [6.45, 7) is 4.01. The molecule has 112 valence electrons. The minimum atomic E-state index is -0.605. The molecule has 0 radical (unpaired) electrons. The summed E-state index contributed by atoms with van der Waals surface area (Å²) in [4.78, 5) is 4.07. The van der Waals surface area contributed by atoms with Crippen LogP contribution in [-0.4, -0.2) is 14.7 Å². The van der Waals surface area contributed by atoms with Gasteiger partial charge in [0, 0.05) is 12.4 Å². The van der Waals surface area contributed by atoms with E-state index < -0.39 is 11.6 Å². The number of nitrogens with zero attached hydrogens (tertiary/aromatic N) is 2. The van der Waals surface area contributed by atoms with Crippen LogP contribution in [-0.2, 0) is 5.54 Å². The third kappa shape index (κ3) is 2.68. The zero-order chi connectivity index (χ0) is 15.6. The van der Waals surface area contributed by atoms with Gasteiger partial charge in [0.2, 0.25) is 0 Å². The van der Waals surface area contributed by atoms with Gasteiger partial charge in [0.05, 0.1) is 11.9 Å². The smallest absolute Gasteiger partial charge is 0.102 e. The zero-order valence-electron chi connectivity index (χ0n) is 12.8. The first-order valence-electron chi connectivity index (χ1n) is 7.41. The topological polar surface area (TPSA) is 38.0 Å². The molecule has 3 nitrogen and oxygen atoms in total. The molecule has 0 bridgehead atoms. The summed E-state index contributed by atoms with van der Waals surface area (Å²) in [5.41, 5.74) is 2.78. The third-order valence-corrected chi connectivity index (χ3v) is 4.17. The number of rotatable bonds is 4. The highest BCUT2D eigenvalue weighted by Gasteiger charge is 2.30. The lowest BCUT2D eigenvalue weighted by Crippen LogP contribution is -2.32. The Morgan fingerprint density at radius 1 is 0.955 bits per heavy atom. The van der Waals surface area contributed by atoms with E-state index in [0.29, 0.717) is 0 Å². The minimum absolute atomic E-state index is 0.454. The summed E-state index contributed by atoms with van der Waals surface area (Å²) >= 11 is 0. The van der Waals surface area contributed by atoms with E-state index in [2.05, 4.69) is 29.2 Å². The molecule has 1 N–H and O–H groups in total. The van der Waals surface area contributed by atoms with Crippen LogP contribution in [0.1, 0.15) is 25.5 Å². The molecule has 3 rings (SSSR count). The van der Waals surface area contributed by atoms with Crippen molar-refractivity contribution in [1.82, 2.24) is 9.55 Å². The van der Waals surface area contributed by atoms with Crippen molar-refractivity contribution < 1.29 is 5.11 Å². The molecule has 0 amide bonds. The Morgan fingerprint density at radius 2 is 1.59 bits per heavy atom. The van der Waals surface area contributed by atoms with Crippen molar-refractivity contribution in [2.75, 3.05) is 0 Å². The predicted octanol–water partition coefficient (Wildman–Crippen LogP) is 4.02. The molecular formula is C19H20N2O. The number of hydrogen-bond acceptors (Lipinski definition) is 2. The molecule has 0 aliphatic rings. The second kappa shape index (κ2) is 5.78. The van der Waals surface area contributed by atoms with E-state index in [0.717, 1.165) is 11.1 Å². The third-order valence-electron chi connectivity index (χ3n) is 4.17. The van der Waals surface area contributed by atoms with Gasteiger partial charge in [0.1, 0.15) is 6.10 Å². The average Bonchev–Trinajstić information content (AvgIpc) is 3.10. The van der Waals surface area contributed by atoms with Crippen LogP contribution in [0.15, 0.2) is 73.3 Å². The van der Waals surface area contributed by atoms with Gasteiger partial charge in [-0.25, -0.2) is 4.98 Å². The van der Waals surface area contributed by atoms with E-state index in [1.54, 1.807) is 12.5 Å². The van der Waals surface area contributed by atoms with Gasteiger partial charge < -0.3 is 9.67 Å². The van der Waals surface area contributed by atoms with Crippen LogP contribution in [0.25, 0.3) is 11.1 Å². The van der Waals surface area contributed by atoms with Gasteiger partial charge in [0.15, 0.2) is 0 Å². The first kappa shape index (κ1) is 14.5. The highest BCUT2D eigenvalue weighted by molar-refractivity contribution is 5.63. The van der Waals surface area contributed by atoms with Crippen LogP contribution >= 0.6 is 0 Å². The normalized spacial score (nSPS) is 13.0. The number of imidazole rings is 1. The van der Waals surface area contributed by atoms with Gasteiger partial charge in [-0.2, -0.15) is 0 Å². The highest BCUT2D eigenvalue weighted by Crippen LogP contribution is 2.32. The van der Waals surface area contributed by atoms with Crippen LogP contribution in [0, 0.1) is 0 Å². The number of benzene rings is 2. The standard InChI is InChI=1S/C19H20N2O/c1-19(2,21-13-12-20-14-21)18(22)17-10-8-16(9-11-17)15-6-4-3-5-7-15/h3-14,18,22H,1-2H3. The van der Waals surface area contributed by atoms with Crippen LogP contribution in [0.4, 0.5) is 0 Å². The molecule has 1 atom stereocenters. The Morgan fingerprint density at radius 3 is 2.18 bits per heavy atom. The van der Waals surface area contributed by atoms with E-state index in [4.69, 9.17) is 0 Å². The number of aliphatic hydroxyl groups excluding tert-OH is 1. The summed E-state index contributed by atoms with van der Waals surface area (Å²) < 4.78 is 1.93. The van der Waals surface area contributed by atoms with Gasteiger partial charge in [-0.15, -0.1) is 0 Å². The Hall–Kier alpha value is -2.39. The van der Waals surface area contributed by atoms with Crippen LogP contribution in [0.3, 0.4) is 0 Å². The lowest BCUT2D eigenvalue weighted by Gasteiger charge is -2.32.